The van der Waals surface area contributed by atoms with Crippen molar-refractivity contribution in [3.05, 3.63) is 59.2 Å². The second kappa shape index (κ2) is 10.1. The number of fused-ring (bicyclic) bond motifs is 1. The number of ether oxygens (including phenoxy) is 3. The molecule has 1 aliphatic rings. The van der Waals surface area contributed by atoms with Crippen LogP contribution in [0.25, 0.3) is 0 Å². The van der Waals surface area contributed by atoms with E-state index in [0.29, 0.717) is 35.8 Å². The van der Waals surface area contributed by atoms with Gasteiger partial charge in [0.15, 0.2) is 0 Å². The fourth-order valence-electron chi connectivity index (χ4n) is 3.51. The number of rotatable bonds is 7. The molecule has 31 heavy (non-hydrogen) atoms. The van der Waals surface area contributed by atoms with Crippen molar-refractivity contribution in [2.45, 2.75) is 39.4 Å². The average molecular weight is 422 g/mol. The highest BCUT2D eigenvalue weighted by Gasteiger charge is 2.34. The Balaban J connectivity index is 1.79. The van der Waals surface area contributed by atoms with Crippen molar-refractivity contribution in [3.63, 3.8) is 0 Å². The van der Waals surface area contributed by atoms with Gasteiger partial charge in [-0.25, -0.2) is 0 Å². The lowest BCUT2D eigenvalue weighted by Gasteiger charge is -2.33. The van der Waals surface area contributed by atoms with Crippen LogP contribution in [-0.4, -0.2) is 31.2 Å². The Hall–Kier alpha value is -3.37. The molecule has 2 unspecified atom stereocenters. The molecule has 0 aliphatic carbocycles. The lowest BCUT2D eigenvalue weighted by molar-refractivity contribution is -0.151. The second-order valence-electron chi connectivity index (χ2n) is 7.59. The number of amides is 1. The van der Waals surface area contributed by atoms with E-state index in [1.165, 1.54) is 0 Å². The van der Waals surface area contributed by atoms with E-state index >= 15 is 0 Å². The number of carbonyl (C=O) groups is 2. The Morgan fingerprint density at radius 2 is 1.97 bits per heavy atom. The first kappa shape index (κ1) is 22.3. The summed E-state index contributed by atoms with van der Waals surface area (Å²) >= 11 is 0. The van der Waals surface area contributed by atoms with E-state index in [1.54, 1.807) is 36.4 Å². The number of esters is 1. The van der Waals surface area contributed by atoms with Gasteiger partial charge in [-0.3, -0.25) is 9.59 Å². The Kier molecular flexibility index (Phi) is 7.27. The Morgan fingerprint density at radius 3 is 2.61 bits per heavy atom. The standard InChI is InChI=1S/C24H26N2O5/c1-4-29-23-18(11-22(27)31-15(2)3)14-30-21-10-9-19(12-20(21)23)26-24(28)17-7-5-16(13-25)6-8-17/h5-10,12,15,18,23H,4,11,14H2,1-3H3,(H,26,28). The molecule has 0 saturated heterocycles. The van der Waals surface area contributed by atoms with Gasteiger partial charge in [0.25, 0.3) is 5.91 Å². The van der Waals surface area contributed by atoms with E-state index in [1.807, 2.05) is 32.9 Å². The molecule has 2 atom stereocenters. The highest BCUT2D eigenvalue weighted by molar-refractivity contribution is 6.04. The van der Waals surface area contributed by atoms with Crippen LogP contribution in [0.3, 0.4) is 0 Å². The fourth-order valence-corrected chi connectivity index (χ4v) is 3.51. The third-order valence-corrected chi connectivity index (χ3v) is 4.87. The zero-order chi connectivity index (χ0) is 22.4. The molecule has 1 N–H and O–H groups in total. The van der Waals surface area contributed by atoms with Gasteiger partial charge < -0.3 is 19.5 Å². The molecule has 2 aromatic rings. The summed E-state index contributed by atoms with van der Waals surface area (Å²) in [6, 6.07) is 13.8. The summed E-state index contributed by atoms with van der Waals surface area (Å²) in [4.78, 5) is 24.8. The average Bonchev–Trinajstić information content (AvgIpc) is 2.75. The number of benzene rings is 2. The van der Waals surface area contributed by atoms with Crippen molar-refractivity contribution < 1.29 is 23.8 Å². The molecule has 0 fully saturated rings. The maximum absolute atomic E-state index is 12.6. The first-order chi connectivity index (χ1) is 14.9. The number of hydrogen-bond acceptors (Lipinski definition) is 6. The van der Waals surface area contributed by atoms with Crippen LogP contribution in [-0.2, 0) is 14.3 Å². The minimum Gasteiger partial charge on any atom is -0.493 e. The van der Waals surface area contributed by atoms with Crippen LogP contribution in [0.2, 0.25) is 0 Å². The Labute approximate surface area is 181 Å². The molecule has 1 aliphatic heterocycles. The third kappa shape index (κ3) is 5.62. The van der Waals surface area contributed by atoms with Gasteiger partial charge in [0.05, 0.1) is 36.9 Å². The maximum Gasteiger partial charge on any atom is 0.306 e. The Morgan fingerprint density at radius 1 is 1.23 bits per heavy atom. The Bertz CT molecular complexity index is 978. The van der Waals surface area contributed by atoms with E-state index in [2.05, 4.69) is 5.32 Å². The van der Waals surface area contributed by atoms with Crippen LogP contribution in [0, 0.1) is 17.2 Å². The monoisotopic (exact) mass is 422 g/mol. The van der Waals surface area contributed by atoms with Crippen molar-refractivity contribution in [3.8, 4) is 11.8 Å². The van der Waals surface area contributed by atoms with E-state index in [9.17, 15) is 9.59 Å². The first-order valence-electron chi connectivity index (χ1n) is 10.3. The van der Waals surface area contributed by atoms with Crippen molar-refractivity contribution in [1.82, 2.24) is 0 Å². The van der Waals surface area contributed by atoms with Crippen LogP contribution in [0.5, 0.6) is 5.75 Å². The molecule has 0 bridgehead atoms. The van der Waals surface area contributed by atoms with Gasteiger partial charge in [-0.1, -0.05) is 0 Å². The number of carbonyl (C=O) groups excluding carboxylic acids is 2. The molecule has 0 saturated carbocycles. The van der Waals surface area contributed by atoms with Crippen LogP contribution in [0.4, 0.5) is 5.69 Å². The molecule has 2 aromatic carbocycles. The normalized spacial score (nSPS) is 17.3. The van der Waals surface area contributed by atoms with Crippen molar-refractivity contribution in [2.75, 3.05) is 18.5 Å². The summed E-state index contributed by atoms with van der Waals surface area (Å²) in [5, 5.41) is 11.8. The minimum absolute atomic E-state index is 0.182. The predicted octanol–water partition coefficient (Wildman–Crippen LogP) is 4.24. The SMILES string of the molecule is CCOC1c2cc(NC(=O)c3ccc(C#N)cc3)ccc2OCC1CC(=O)OC(C)C. The van der Waals surface area contributed by atoms with Gasteiger partial charge in [0.2, 0.25) is 0 Å². The smallest absolute Gasteiger partial charge is 0.306 e. The number of nitriles is 1. The van der Waals surface area contributed by atoms with Gasteiger partial charge in [0, 0.05) is 29.3 Å². The highest BCUT2D eigenvalue weighted by atomic mass is 16.5. The summed E-state index contributed by atoms with van der Waals surface area (Å²) in [5.74, 6) is -0.0975. The molecular formula is C24H26N2O5. The number of hydrogen-bond donors (Lipinski definition) is 1. The number of nitrogens with one attached hydrogen (secondary N) is 1. The van der Waals surface area contributed by atoms with Crippen LogP contribution in [0.1, 0.15) is 54.8 Å². The topological polar surface area (TPSA) is 97.6 Å². The van der Waals surface area contributed by atoms with Crippen molar-refractivity contribution >= 4 is 17.6 Å². The number of nitrogens with zero attached hydrogens (tertiary/aromatic N) is 1. The second-order valence-corrected chi connectivity index (χ2v) is 7.59. The molecule has 1 heterocycles. The van der Waals surface area contributed by atoms with Crippen LogP contribution in [0.15, 0.2) is 42.5 Å². The highest BCUT2D eigenvalue weighted by Crippen LogP contribution is 2.41. The lowest BCUT2D eigenvalue weighted by Crippen LogP contribution is -2.31. The largest absolute Gasteiger partial charge is 0.493 e. The fraction of sp³-hybridized carbons (Fsp3) is 0.375. The van der Waals surface area contributed by atoms with E-state index in [-0.39, 0.29) is 36.4 Å². The maximum atomic E-state index is 12.6. The number of anilines is 1. The molecule has 7 nitrogen and oxygen atoms in total. The summed E-state index contributed by atoms with van der Waals surface area (Å²) < 4.78 is 17.1. The third-order valence-electron chi connectivity index (χ3n) is 4.87. The zero-order valence-corrected chi connectivity index (χ0v) is 17.9. The zero-order valence-electron chi connectivity index (χ0n) is 17.9. The summed E-state index contributed by atoms with van der Waals surface area (Å²) in [6.07, 6.45) is -0.344. The molecule has 162 valence electrons. The molecule has 3 rings (SSSR count). The summed E-state index contributed by atoms with van der Waals surface area (Å²) in [7, 11) is 0. The van der Waals surface area contributed by atoms with Gasteiger partial charge >= 0.3 is 5.97 Å². The van der Waals surface area contributed by atoms with Gasteiger partial charge in [-0.2, -0.15) is 5.26 Å². The molecule has 0 aromatic heterocycles. The predicted molar refractivity (Wildman–Crippen MR) is 115 cm³/mol. The van der Waals surface area contributed by atoms with Crippen LogP contribution < -0.4 is 10.1 Å². The van der Waals surface area contributed by atoms with Gasteiger partial charge in [0.1, 0.15) is 5.75 Å². The summed E-state index contributed by atoms with van der Waals surface area (Å²) in [5.41, 5.74) is 2.31. The first-order valence-corrected chi connectivity index (χ1v) is 10.3. The van der Waals surface area contributed by atoms with E-state index in [0.717, 1.165) is 5.56 Å². The molecule has 0 spiro atoms. The molecule has 0 radical (unpaired) electrons. The lowest BCUT2D eigenvalue weighted by atomic mass is 9.90. The molecule has 7 heteroatoms. The molecular weight excluding hydrogens is 396 g/mol. The van der Waals surface area contributed by atoms with E-state index < -0.39 is 0 Å². The quantitative estimate of drug-likeness (QED) is 0.671. The van der Waals surface area contributed by atoms with Crippen LogP contribution >= 0.6 is 0 Å². The van der Waals surface area contributed by atoms with Gasteiger partial charge in [-0.05, 0) is 63.2 Å². The van der Waals surface area contributed by atoms with E-state index in [4.69, 9.17) is 19.5 Å². The van der Waals surface area contributed by atoms with Crippen molar-refractivity contribution in [1.29, 1.82) is 5.26 Å². The summed E-state index contributed by atoms with van der Waals surface area (Å²) in [6.45, 7) is 6.35. The minimum atomic E-state index is -0.347. The van der Waals surface area contributed by atoms with Crippen molar-refractivity contribution in [2.24, 2.45) is 5.92 Å². The molecule has 1 amide bonds. The van der Waals surface area contributed by atoms with Gasteiger partial charge in [-0.15, -0.1) is 0 Å².